The lowest BCUT2D eigenvalue weighted by Crippen LogP contribution is -2.40. The Hall–Kier alpha value is -2.29. The first kappa shape index (κ1) is 20.0. The monoisotopic (exact) mass is 436 g/mol. The second kappa shape index (κ2) is 8.22. The molecule has 1 fully saturated rings. The molecule has 1 amide bonds. The first-order valence-corrected chi connectivity index (χ1v) is 11.3. The minimum atomic E-state index is -3.63. The summed E-state index contributed by atoms with van der Waals surface area (Å²) < 4.78 is 38.5. The molecule has 7 nitrogen and oxygen atoms in total. The van der Waals surface area contributed by atoms with Gasteiger partial charge in [0.1, 0.15) is 6.61 Å². The Kier molecular flexibility index (Phi) is 5.67. The first-order chi connectivity index (χ1) is 13.9. The van der Waals surface area contributed by atoms with E-state index < -0.39 is 22.0 Å². The Morgan fingerprint density at radius 3 is 2.55 bits per heavy atom. The number of fused-ring (bicyclic) bond motifs is 1. The Labute approximate surface area is 174 Å². The van der Waals surface area contributed by atoms with Gasteiger partial charge in [0.2, 0.25) is 16.1 Å². The van der Waals surface area contributed by atoms with Gasteiger partial charge in [-0.25, -0.2) is 8.42 Å². The van der Waals surface area contributed by atoms with Crippen LogP contribution in [0.25, 0.3) is 0 Å². The third-order valence-electron chi connectivity index (χ3n) is 4.95. The van der Waals surface area contributed by atoms with Crippen LogP contribution in [0.4, 0.5) is 5.69 Å². The van der Waals surface area contributed by atoms with E-state index in [1.54, 1.807) is 18.2 Å². The van der Waals surface area contributed by atoms with Crippen LogP contribution in [0.5, 0.6) is 11.5 Å². The van der Waals surface area contributed by atoms with Crippen molar-refractivity contribution in [2.45, 2.75) is 30.3 Å². The molecule has 0 bridgehead atoms. The summed E-state index contributed by atoms with van der Waals surface area (Å²) in [6.45, 7) is 1.05. The number of ether oxygens (including phenoxy) is 2. The van der Waals surface area contributed by atoms with Crippen LogP contribution in [0.15, 0.2) is 47.4 Å². The lowest BCUT2D eigenvalue weighted by Gasteiger charge is -2.27. The van der Waals surface area contributed by atoms with Crippen molar-refractivity contribution < 1.29 is 22.7 Å². The summed E-state index contributed by atoms with van der Waals surface area (Å²) in [5.74, 6) is 0.588. The standard InChI is InChI=1S/C20H21ClN2O5S/c21-15-9-8-14(29(25,26)23-10-4-1-5-11-23)12-16(15)22-20(24)19-13-27-17-6-2-3-7-18(17)28-19/h2-3,6-9,12,19H,1,4-5,10-11,13H2,(H,22,24)/t19-/m0/s1. The predicted molar refractivity (Wildman–Crippen MR) is 109 cm³/mol. The van der Waals surface area contributed by atoms with Crippen LogP contribution in [0.1, 0.15) is 19.3 Å². The van der Waals surface area contributed by atoms with Gasteiger partial charge in [-0.1, -0.05) is 30.2 Å². The van der Waals surface area contributed by atoms with Crippen molar-refractivity contribution in [2.24, 2.45) is 0 Å². The molecule has 9 heteroatoms. The van der Waals surface area contributed by atoms with Crippen LogP contribution in [0.2, 0.25) is 5.02 Å². The molecule has 0 radical (unpaired) electrons. The Morgan fingerprint density at radius 2 is 1.79 bits per heavy atom. The van der Waals surface area contributed by atoms with Crippen LogP contribution in [0.3, 0.4) is 0 Å². The summed E-state index contributed by atoms with van der Waals surface area (Å²) in [5, 5.41) is 2.91. The molecule has 29 heavy (non-hydrogen) atoms. The summed E-state index contributed by atoms with van der Waals surface area (Å²) in [4.78, 5) is 12.8. The van der Waals surface area contributed by atoms with Gasteiger partial charge < -0.3 is 14.8 Å². The van der Waals surface area contributed by atoms with E-state index in [1.807, 2.05) is 6.07 Å². The summed E-state index contributed by atoms with van der Waals surface area (Å²) in [6.07, 6.45) is 1.84. The number of amides is 1. The number of anilines is 1. The largest absolute Gasteiger partial charge is 0.485 e. The molecule has 1 saturated heterocycles. The summed E-state index contributed by atoms with van der Waals surface area (Å²) in [6, 6.07) is 11.4. The first-order valence-electron chi connectivity index (χ1n) is 9.44. The highest BCUT2D eigenvalue weighted by molar-refractivity contribution is 7.89. The van der Waals surface area contributed by atoms with Crippen molar-refractivity contribution in [3.05, 3.63) is 47.5 Å². The summed E-state index contributed by atoms with van der Waals surface area (Å²) in [7, 11) is -3.63. The van der Waals surface area contributed by atoms with E-state index in [2.05, 4.69) is 5.32 Å². The number of hydrogen-bond donors (Lipinski definition) is 1. The third kappa shape index (κ3) is 4.19. The van der Waals surface area contributed by atoms with E-state index in [0.717, 1.165) is 19.3 Å². The van der Waals surface area contributed by atoms with E-state index in [0.29, 0.717) is 24.6 Å². The number of para-hydroxylation sites is 2. The highest BCUT2D eigenvalue weighted by Crippen LogP contribution is 2.32. The molecule has 0 aliphatic carbocycles. The molecule has 0 saturated carbocycles. The fourth-order valence-electron chi connectivity index (χ4n) is 3.38. The summed E-state index contributed by atoms with van der Waals surface area (Å²) in [5.41, 5.74) is 0.220. The number of benzene rings is 2. The second-order valence-electron chi connectivity index (χ2n) is 6.96. The molecule has 1 atom stereocenters. The van der Waals surface area contributed by atoms with Gasteiger partial charge in [-0.15, -0.1) is 0 Å². The number of nitrogens with one attached hydrogen (secondary N) is 1. The van der Waals surface area contributed by atoms with E-state index >= 15 is 0 Å². The van der Waals surface area contributed by atoms with E-state index in [-0.39, 0.29) is 22.2 Å². The van der Waals surface area contributed by atoms with Crippen molar-refractivity contribution in [1.29, 1.82) is 0 Å². The number of carbonyl (C=O) groups is 1. The molecule has 0 unspecified atom stereocenters. The average molecular weight is 437 g/mol. The zero-order valence-electron chi connectivity index (χ0n) is 15.6. The number of nitrogens with zero attached hydrogens (tertiary/aromatic N) is 1. The van der Waals surface area contributed by atoms with Gasteiger partial charge in [0.15, 0.2) is 11.5 Å². The molecular weight excluding hydrogens is 416 g/mol. The van der Waals surface area contributed by atoms with Crippen LogP contribution in [0, 0.1) is 0 Å². The molecule has 2 aliphatic rings. The number of halogens is 1. The van der Waals surface area contributed by atoms with Gasteiger partial charge in [0, 0.05) is 13.1 Å². The van der Waals surface area contributed by atoms with E-state index in [4.69, 9.17) is 21.1 Å². The zero-order chi connectivity index (χ0) is 20.4. The molecule has 2 heterocycles. The van der Waals surface area contributed by atoms with Crippen LogP contribution in [-0.2, 0) is 14.8 Å². The number of piperidine rings is 1. The maximum atomic E-state index is 12.9. The van der Waals surface area contributed by atoms with Gasteiger partial charge in [-0.2, -0.15) is 4.31 Å². The maximum absolute atomic E-state index is 12.9. The second-order valence-corrected chi connectivity index (χ2v) is 9.31. The van der Waals surface area contributed by atoms with Crippen molar-refractivity contribution in [2.75, 3.05) is 25.0 Å². The maximum Gasteiger partial charge on any atom is 0.269 e. The van der Waals surface area contributed by atoms with Crippen LogP contribution in [-0.4, -0.2) is 44.4 Å². The van der Waals surface area contributed by atoms with Crippen molar-refractivity contribution >= 4 is 33.2 Å². The topological polar surface area (TPSA) is 84.9 Å². The van der Waals surface area contributed by atoms with Gasteiger partial charge in [0.25, 0.3) is 5.91 Å². The molecule has 2 aliphatic heterocycles. The smallest absolute Gasteiger partial charge is 0.269 e. The minimum Gasteiger partial charge on any atom is -0.485 e. The predicted octanol–water partition coefficient (Wildman–Crippen LogP) is 3.29. The molecule has 2 aromatic carbocycles. The van der Waals surface area contributed by atoms with Crippen LogP contribution >= 0.6 is 11.6 Å². The van der Waals surface area contributed by atoms with E-state index in [9.17, 15) is 13.2 Å². The Bertz CT molecular complexity index is 1020. The number of sulfonamides is 1. The highest BCUT2D eigenvalue weighted by atomic mass is 35.5. The minimum absolute atomic E-state index is 0.0479. The lowest BCUT2D eigenvalue weighted by molar-refractivity contribution is -0.125. The normalized spacial score (nSPS) is 19.6. The van der Waals surface area contributed by atoms with Crippen molar-refractivity contribution in [3.63, 3.8) is 0 Å². The molecular formula is C20H21ClN2O5S. The van der Waals surface area contributed by atoms with Gasteiger partial charge in [-0.05, 0) is 43.2 Å². The van der Waals surface area contributed by atoms with Gasteiger partial charge >= 0.3 is 0 Å². The highest BCUT2D eigenvalue weighted by Gasteiger charge is 2.29. The number of hydrogen-bond acceptors (Lipinski definition) is 5. The quantitative estimate of drug-likeness (QED) is 0.794. The summed E-state index contributed by atoms with van der Waals surface area (Å²) >= 11 is 6.20. The zero-order valence-corrected chi connectivity index (χ0v) is 17.2. The van der Waals surface area contributed by atoms with Gasteiger partial charge in [0.05, 0.1) is 15.6 Å². The van der Waals surface area contributed by atoms with Crippen molar-refractivity contribution in [1.82, 2.24) is 4.31 Å². The lowest BCUT2D eigenvalue weighted by atomic mass is 10.2. The number of carbonyl (C=O) groups excluding carboxylic acids is 1. The molecule has 154 valence electrons. The average Bonchev–Trinajstić information content (AvgIpc) is 2.75. The molecule has 4 rings (SSSR count). The Morgan fingerprint density at radius 1 is 1.07 bits per heavy atom. The van der Waals surface area contributed by atoms with Crippen LogP contribution < -0.4 is 14.8 Å². The molecule has 0 spiro atoms. The molecule has 0 aromatic heterocycles. The van der Waals surface area contributed by atoms with Gasteiger partial charge in [-0.3, -0.25) is 4.79 Å². The number of rotatable bonds is 4. The van der Waals surface area contributed by atoms with E-state index in [1.165, 1.54) is 22.5 Å². The molecule has 1 N–H and O–H groups in total. The van der Waals surface area contributed by atoms with Crippen molar-refractivity contribution in [3.8, 4) is 11.5 Å². The Balaban J connectivity index is 1.52. The third-order valence-corrected chi connectivity index (χ3v) is 7.17. The molecule has 2 aromatic rings. The SMILES string of the molecule is O=C(Nc1cc(S(=O)(=O)N2CCCCC2)ccc1Cl)[C@@H]1COc2ccccc2O1. The fourth-order valence-corrected chi connectivity index (χ4v) is 5.09. The fraction of sp³-hybridized carbons (Fsp3) is 0.350.